The third-order valence-electron chi connectivity index (χ3n) is 5.76. The first-order valence-corrected chi connectivity index (χ1v) is 11.3. The minimum Gasteiger partial charge on any atom is -0.349 e. The molecule has 4 aromatic rings. The second-order valence-electron chi connectivity index (χ2n) is 7.70. The van der Waals surface area contributed by atoms with E-state index in [2.05, 4.69) is 21.7 Å². The molecule has 3 aromatic heterocycles. The lowest BCUT2D eigenvalue weighted by molar-refractivity contribution is 0.0942. The van der Waals surface area contributed by atoms with Gasteiger partial charge >= 0.3 is 0 Å². The maximum Gasteiger partial charge on any atom is 0.268 e. The van der Waals surface area contributed by atoms with Crippen LogP contribution in [0, 0.1) is 0 Å². The first-order chi connectivity index (χ1) is 14.7. The van der Waals surface area contributed by atoms with Gasteiger partial charge in [0, 0.05) is 25.5 Å². The highest BCUT2D eigenvalue weighted by Gasteiger charge is 2.22. The van der Waals surface area contributed by atoms with Crippen LogP contribution in [-0.4, -0.2) is 51.3 Å². The van der Waals surface area contributed by atoms with E-state index in [4.69, 9.17) is 5.10 Å². The second kappa shape index (κ2) is 8.08. The van der Waals surface area contributed by atoms with Gasteiger partial charge in [-0.1, -0.05) is 24.3 Å². The van der Waals surface area contributed by atoms with Gasteiger partial charge in [-0.15, -0.1) is 11.3 Å². The lowest BCUT2D eigenvalue weighted by atomic mass is 10.2. The number of hydrogen-bond acceptors (Lipinski definition) is 4. The molecule has 1 aliphatic rings. The van der Waals surface area contributed by atoms with Crippen LogP contribution in [0.1, 0.15) is 23.3 Å². The molecule has 1 saturated heterocycles. The first-order valence-electron chi connectivity index (χ1n) is 10.4. The molecule has 5 rings (SSSR count). The Bertz CT molecular complexity index is 1150. The number of nitrogens with zero attached hydrogens (tertiary/aromatic N) is 4. The fourth-order valence-electron chi connectivity index (χ4n) is 4.21. The minimum absolute atomic E-state index is 0.0374. The summed E-state index contributed by atoms with van der Waals surface area (Å²) in [4.78, 5) is 16.5. The zero-order valence-electron chi connectivity index (χ0n) is 17.0. The number of amides is 1. The number of carbonyl (C=O) groups is 1. The second-order valence-corrected chi connectivity index (χ2v) is 8.65. The molecule has 1 aliphatic heterocycles. The summed E-state index contributed by atoms with van der Waals surface area (Å²) in [5.74, 6) is -0.0374. The number of rotatable bonds is 6. The predicted molar refractivity (Wildman–Crippen MR) is 121 cm³/mol. The number of aryl methyl sites for hydroxylation is 1. The van der Waals surface area contributed by atoms with Crippen molar-refractivity contribution < 1.29 is 4.79 Å². The van der Waals surface area contributed by atoms with Gasteiger partial charge in [0.05, 0.1) is 10.6 Å². The van der Waals surface area contributed by atoms with Crippen molar-refractivity contribution in [3.8, 4) is 16.3 Å². The molecule has 4 heterocycles. The molecule has 0 unspecified atom stereocenters. The Balaban J connectivity index is 1.51. The average Bonchev–Trinajstić information content (AvgIpc) is 3.55. The van der Waals surface area contributed by atoms with Gasteiger partial charge in [-0.2, -0.15) is 5.10 Å². The monoisotopic (exact) mass is 419 g/mol. The van der Waals surface area contributed by atoms with Gasteiger partial charge in [0.25, 0.3) is 5.91 Å². The molecule has 0 saturated carbocycles. The van der Waals surface area contributed by atoms with E-state index in [1.165, 1.54) is 12.8 Å². The molecule has 1 N–H and O–H groups in total. The van der Waals surface area contributed by atoms with Gasteiger partial charge < -0.3 is 14.8 Å². The van der Waals surface area contributed by atoms with Gasteiger partial charge in [-0.3, -0.25) is 4.79 Å². The molecule has 1 aromatic carbocycles. The van der Waals surface area contributed by atoms with Crippen LogP contribution in [0.5, 0.6) is 0 Å². The fraction of sp³-hybridized carbons (Fsp3) is 0.304. The normalized spacial score (nSPS) is 14.6. The smallest absolute Gasteiger partial charge is 0.268 e. The SMILES string of the molecule is Cn1c(C(=O)NCCN2CCCC2)cc2c(-c3cccs3)nn(-c3ccccc3)c21. The maximum atomic E-state index is 13.0. The largest absolute Gasteiger partial charge is 0.349 e. The van der Waals surface area contributed by atoms with Crippen LogP contribution in [0.2, 0.25) is 0 Å². The van der Waals surface area contributed by atoms with Crippen LogP contribution in [0.25, 0.3) is 27.3 Å². The Morgan fingerprint density at radius 2 is 1.93 bits per heavy atom. The highest BCUT2D eigenvalue weighted by atomic mass is 32.1. The van der Waals surface area contributed by atoms with Gasteiger partial charge in [0.1, 0.15) is 17.0 Å². The van der Waals surface area contributed by atoms with Crippen molar-refractivity contribution >= 4 is 28.3 Å². The van der Waals surface area contributed by atoms with E-state index in [1.54, 1.807) is 11.3 Å². The number of aromatic nitrogens is 3. The molecule has 1 amide bonds. The number of nitrogens with one attached hydrogen (secondary N) is 1. The zero-order valence-corrected chi connectivity index (χ0v) is 17.9. The summed E-state index contributed by atoms with van der Waals surface area (Å²) in [6.45, 7) is 3.86. The van der Waals surface area contributed by atoms with Gasteiger partial charge in [0.15, 0.2) is 0 Å². The summed E-state index contributed by atoms with van der Waals surface area (Å²) in [6.07, 6.45) is 2.53. The zero-order chi connectivity index (χ0) is 20.5. The van der Waals surface area contributed by atoms with E-state index >= 15 is 0 Å². The first kappa shape index (κ1) is 19.1. The molecule has 154 valence electrons. The standard InChI is InChI=1S/C23H25N5OS/c1-26-19(22(29)24-11-14-27-12-5-6-13-27)16-18-21(20-10-7-15-30-20)25-28(23(18)26)17-8-3-2-4-9-17/h2-4,7-10,15-16H,5-6,11-14H2,1H3,(H,24,29). The quantitative estimate of drug-likeness (QED) is 0.515. The lowest BCUT2D eigenvalue weighted by Gasteiger charge is -2.15. The third kappa shape index (κ3) is 3.44. The van der Waals surface area contributed by atoms with Crippen molar-refractivity contribution in [2.45, 2.75) is 12.8 Å². The molecule has 7 heteroatoms. The molecule has 0 atom stereocenters. The number of thiophene rings is 1. The van der Waals surface area contributed by atoms with Crippen LogP contribution < -0.4 is 5.32 Å². The summed E-state index contributed by atoms with van der Waals surface area (Å²) < 4.78 is 3.89. The maximum absolute atomic E-state index is 13.0. The minimum atomic E-state index is -0.0374. The van der Waals surface area contributed by atoms with Crippen LogP contribution >= 0.6 is 11.3 Å². The Labute approximate surface area is 179 Å². The Morgan fingerprint density at radius 1 is 1.13 bits per heavy atom. The lowest BCUT2D eigenvalue weighted by Crippen LogP contribution is -2.34. The van der Waals surface area contributed by atoms with Crippen molar-refractivity contribution in [2.24, 2.45) is 7.05 Å². The molecule has 30 heavy (non-hydrogen) atoms. The molecular formula is C23H25N5OS. The molecule has 0 aliphatic carbocycles. The number of hydrogen-bond donors (Lipinski definition) is 1. The highest BCUT2D eigenvalue weighted by Crippen LogP contribution is 2.34. The number of carbonyl (C=O) groups excluding carboxylic acids is 1. The van der Waals surface area contributed by atoms with E-state index in [-0.39, 0.29) is 5.91 Å². The van der Waals surface area contributed by atoms with E-state index in [0.717, 1.165) is 46.9 Å². The van der Waals surface area contributed by atoms with Gasteiger partial charge in [0.2, 0.25) is 0 Å². The van der Waals surface area contributed by atoms with Crippen molar-refractivity contribution in [3.63, 3.8) is 0 Å². The van der Waals surface area contributed by atoms with Crippen molar-refractivity contribution in [2.75, 3.05) is 26.2 Å². The van der Waals surface area contributed by atoms with E-state index < -0.39 is 0 Å². The summed E-state index contributed by atoms with van der Waals surface area (Å²) in [7, 11) is 1.94. The number of para-hydroxylation sites is 1. The van der Waals surface area contributed by atoms with Crippen LogP contribution in [0.3, 0.4) is 0 Å². The fourth-order valence-corrected chi connectivity index (χ4v) is 4.93. The summed E-state index contributed by atoms with van der Waals surface area (Å²) in [5.41, 5.74) is 3.48. The van der Waals surface area contributed by atoms with E-state index in [9.17, 15) is 4.79 Å². The number of benzene rings is 1. The van der Waals surface area contributed by atoms with Crippen molar-refractivity contribution in [1.29, 1.82) is 0 Å². The number of fused-ring (bicyclic) bond motifs is 1. The molecule has 1 fully saturated rings. The highest BCUT2D eigenvalue weighted by molar-refractivity contribution is 7.13. The molecule has 0 spiro atoms. The van der Waals surface area contributed by atoms with Crippen molar-refractivity contribution in [1.82, 2.24) is 24.6 Å². The molecule has 6 nitrogen and oxygen atoms in total. The molecule has 0 radical (unpaired) electrons. The topological polar surface area (TPSA) is 55.1 Å². The average molecular weight is 420 g/mol. The van der Waals surface area contributed by atoms with Gasteiger partial charge in [-0.25, -0.2) is 4.68 Å². The Hall–Kier alpha value is -2.90. The Kier molecular flexibility index (Phi) is 5.14. The van der Waals surface area contributed by atoms with Crippen LogP contribution in [-0.2, 0) is 7.05 Å². The Morgan fingerprint density at radius 3 is 2.67 bits per heavy atom. The van der Waals surface area contributed by atoms with Crippen LogP contribution in [0.4, 0.5) is 0 Å². The van der Waals surface area contributed by atoms with Gasteiger partial charge in [-0.05, 0) is 55.6 Å². The van der Waals surface area contributed by atoms with Crippen LogP contribution in [0.15, 0.2) is 53.9 Å². The van der Waals surface area contributed by atoms with E-state index in [0.29, 0.717) is 12.2 Å². The number of likely N-dealkylation sites (tertiary alicyclic amines) is 1. The molecule has 0 bridgehead atoms. The summed E-state index contributed by atoms with van der Waals surface area (Å²) in [6, 6.07) is 16.1. The summed E-state index contributed by atoms with van der Waals surface area (Å²) in [5, 5.41) is 11.1. The van der Waals surface area contributed by atoms with Crippen molar-refractivity contribution in [3.05, 3.63) is 59.6 Å². The predicted octanol–water partition coefficient (Wildman–Crippen LogP) is 3.92. The molecular weight excluding hydrogens is 394 g/mol. The summed E-state index contributed by atoms with van der Waals surface area (Å²) >= 11 is 1.66. The third-order valence-corrected chi connectivity index (χ3v) is 6.63. The van der Waals surface area contributed by atoms with E-state index in [1.807, 2.05) is 58.8 Å².